The minimum absolute atomic E-state index is 0.311. The van der Waals surface area contributed by atoms with E-state index < -0.39 is 0 Å². The van der Waals surface area contributed by atoms with Crippen LogP contribution in [0.25, 0.3) is 22.9 Å². The van der Waals surface area contributed by atoms with E-state index in [0.717, 1.165) is 12.8 Å². The van der Waals surface area contributed by atoms with Crippen LogP contribution in [0.3, 0.4) is 0 Å². The normalized spacial score (nSPS) is 11.6. The quantitative estimate of drug-likeness (QED) is 0.404. The molecule has 164 valence electrons. The highest BCUT2D eigenvalue weighted by atomic mass is 16.5. The second-order valence-electron chi connectivity index (χ2n) is 7.60. The first-order valence-electron chi connectivity index (χ1n) is 10.5. The van der Waals surface area contributed by atoms with Gasteiger partial charge >= 0.3 is 5.69 Å². The number of aryl methyl sites for hydroxylation is 4. The molecule has 0 radical (unpaired) electrons. The second-order valence-corrected chi connectivity index (χ2v) is 7.60. The number of aromatic amines is 1. The minimum atomic E-state index is -0.329. The molecule has 4 aromatic heterocycles. The van der Waals surface area contributed by atoms with E-state index >= 15 is 0 Å². The van der Waals surface area contributed by atoms with Gasteiger partial charge in [-0.05, 0) is 26.2 Å². The van der Waals surface area contributed by atoms with Crippen molar-refractivity contribution in [2.75, 3.05) is 0 Å². The van der Waals surface area contributed by atoms with Crippen molar-refractivity contribution in [2.45, 2.75) is 59.0 Å². The summed E-state index contributed by atoms with van der Waals surface area (Å²) >= 11 is 0. The Labute approximate surface area is 177 Å². The number of nitrogens with one attached hydrogen (secondary N) is 1. The Hall–Kier alpha value is -3.50. The summed E-state index contributed by atoms with van der Waals surface area (Å²) in [5.74, 6) is 2.18. The van der Waals surface area contributed by atoms with Crippen LogP contribution >= 0.6 is 0 Å². The van der Waals surface area contributed by atoms with Gasteiger partial charge in [-0.1, -0.05) is 18.5 Å². The fraction of sp³-hybridized carbons (Fsp3) is 0.500. The third-order valence-corrected chi connectivity index (χ3v) is 5.23. The number of hydrogen-bond acceptors (Lipinski definition) is 7. The molecule has 31 heavy (non-hydrogen) atoms. The molecular formula is C20H26N8O3. The Morgan fingerprint density at radius 2 is 1.90 bits per heavy atom. The zero-order valence-electron chi connectivity index (χ0n) is 18.0. The van der Waals surface area contributed by atoms with Crippen molar-refractivity contribution in [1.82, 2.24) is 38.8 Å². The van der Waals surface area contributed by atoms with Gasteiger partial charge in [0.25, 0.3) is 11.4 Å². The van der Waals surface area contributed by atoms with Crippen LogP contribution in [0.2, 0.25) is 0 Å². The summed E-state index contributed by atoms with van der Waals surface area (Å²) in [5, 5.41) is 4.00. The zero-order valence-corrected chi connectivity index (χ0v) is 18.0. The highest BCUT2D eigenvalue weighted by Gasteiger charge is 2.16. The van der Waals surface area contributed by atoms with Crippen LogP contribution in [0.4, 0.5) is 0 Å². The molecule has 0 aliphatic heterocycles. The predicted octanol–water partition coefficient (Wildman–Crippen LogP) is 1.80. The summed E-state index contributed by atoms with van der Waals surface area (Å²) in [5.41, 5.74) is 0.177. The van der Waals surface area contributed by atoms with E-state index in [1.807, 2.05) is 13.2 Å². The number of hydrogen-bond donors (Lipinski definition) is 1. The number of H-pyrrole nitrogens is 1. The maximum absolute atomic E-state index is 13.0. The maximum atomic E-state index is 13.0. The maximum Gasteiger partial charge on any atom is 0.332 e. The molecule has 1 N–H and O–H groups in total. The van der Waals surface area contributed by atoms with Crippen molar-refractivity contribution < 1.29 is 4.52 Å². The molecule has 0 unspecified atom stereocenters. The Morgan fingerprint density at radius 1 is 1.10 bits per heavy atom. The molecule has 4 aromatic rings. The van der Waals surface area contributed by atoms with Crippen molar-refractivity contribution >= 4 is 11.2 Å². The number of imidazole rings is 2. The summed E-state index contributed by atoms with van der Waals surface area (Å²) in [6.07, 6.45) is 7.19. The van der Waals surface area contributed by atoms with Gasteiger partial charge in [0.1, 0.15) is 11.3 Å². The molecule has 0 aromatic carbocycles. The molecule has 0 aliphatic rings. The molecular weight excluding hydrogens is 400 g/mol. The van der Waals surface area contributed by atoms with Crippen molar-refractivity contribution in [2.24, 2.45) is 7.05 Å². The Morgan fingerprint density at radius 3 is 2.65 bits per heavy atom. The molecule has 0 amide bonds. The van der Waals surface area contributed by atoms with E-state index in [2.05, 4.69) is 32.0 Å². The molecule has 11 heteroatoms. The smallest absolute Gasteiger partial charge is 0.332 e. The highest BCUT2D eigenvalue weighted by molar-refractivity contribution is 5.69. The van der Waals surface area contributed by atoms with Crippen LogP contribution in [0.1, 0.15) is 44.3 Å². The summed E-state index contributed by atoms with van der Waals surface area (Å²) < 4.78 is 9.99. The molecule has 0 bridgehead atoms. The van der Waals surface area contributed by atoms with E-state index in [-0.39, 0.29) is 11.2 Å². The SMILES string of the molecule is CCCCn1c(=O)n(CCCCc2noc(-c3nccn3C)n2)c(=O)c2[nH]c(C)nc21. The van der Waals surface area contributed by atoms with Crippen LogP contribution in [-0.2, 0) is 26.6 Å². The van der Waals surface area contributed by atoms with Crippen LogP contribution < -0.4 is 11.2 Å². The molecule has 4 rings (SSSR count). The number of fused-ring (bicyclic) bond motifs is 1. The van der Waals surface area contributed by atoms with Crippen molar-refractivity contribution in [3.63, 3.8) is 0 Å². The molecule has 0 saturated heterocycles. The summed E-state index contributed by atoms with van der Waals surface area (Å²) in [7, 11) is 1.86. The zero-order chi connectivity index (χ0) is 22.0. The van der Waals surface area contributed by atoms with Gasteiger partial charge in [-0.15, -0.1) is 0 Å². The van der Waals surface area contributed by atoms with Crippen LogP contribution in [-0.4, -0.2) is 38.8 Å². The first kappa shape index (κ1) is 20.8. The largest absolute Gasteiger partial charge is 0.336 e. The van der Waals surface area contributed by atoms with E-state index in [4.69, 9.17) is 4.52 Å². The lowest BCUT2D eigenvalue weighted by molar-refractivity contribution is 0.416. The average molecular weight is 426 g/mol. The predicted molar refractivity (Wildman–Crippen MR) is 114 cm³/mol. The van der Waals surface area contributed by atoms with Crippen molar-refractivity contribution in [3.8, 4) is 11.7 Å². The van der Waals surface area contributed by atoms with Crippen LogP contribution in [0.5, 0.6) is 0 Å². The van der Waals surface area contributed by atoms with Gasteiger partial charge in [0.2, 0.25) is 0 Å². The van der Waals surface area contributed by atoms with Crippen LogP contribution in [0.15, 0.2) is 26.5 Å². The lowest BCUT2D eigenvalue weighted by Gasteiger charge is -2.10. The lowest BCUT2D eigenvalue weighted by Crippen LogP contribution is -2.40. The molecule has 0 fully saturated rings. The highest BCUT2D eigenvalue weighted by Crippen LogP contribution is 2.14. The van der Waals surface area contributed by atoms with E-state index in [1.54, 1.807) is 22.3 Å². The van der Waals surface area contributed by atoms with E-state index in [9.17, 15) is 9.59 Å². The van der Waals surface area contributed by atoms with Crippen molar-refractivity contribution in [3.05, 3.63) is 44.9 Å². The minimum Gasteiger partial charge on any atom is -0.336 e. The standard InChI is InChI=1S/C20H26N8O3/c1-4-5-10-27-16-15(22-13(2)23-16)19(29)28(20(27)30)11-7-6-8-14-24-18(31-25-14)17-21-9-12-26(17)3/h9,12H,4-8,10-11H2,1-3H3,(H,22,23). The van der Waals surface area contributed by atoms with Gasteiger partial charge in [-0.3, -0.25) is 13.9 Å². The van der Waals surface area contributed by atoms with Crippen molar-refractivity contribution in [1.29, 1.82) is 0 Å². The number of aromatic nitrogens is 8. The van der Waals surface area contributed by atoms with Gasteiger partial charge in [0, 0.05) is 39.0 Å². The Kier molecular flexibility index (Phi) is 5.83. The Bertz CT molecular complexity index is 1310. The fourth-order valence-corrected chi connectivity index (χ4v) is 3.57. The van der Waals surface area contributed by atoms with Gasteiger partial charge in [0.05, 0.1) is 0 Å². The first-order chi connectivity index (χ1) is 15.0. The average Bonchev–Trinajstić information content (AvgIpc) is 3.47. The number of rotatable bonds is 9. The lowest BCUT2D eigenvalue weighted by atomic mass is 10.2. The molecule has 0 atom stereocenters. The van der Waals surface area contributed by atoms with Gasteiger partial charge in [-0.25, -0.2) is 14.8 Å². The van der Waals surface area contributed by atoms with Crippen LogP contribution in [0, 0.1) is 6.92 Å². The third kappa shape index (κ3) is 4.07. The van der Waals surface area contributed by atoms with Gasteiger partial charge < -0.3 is 14.1 Å². The first-order valence-corrected chi connectivity index (χ1v) is 10.5. The summed E-state index contributed by atoms with van der Waals surface area (Å²) in [6, 6.07) is 0. The molecule has 0 spiro atoms. The summed E-state index contributed by atoms with van der Waals surface area (Å²) in [4.78, 5) is 41.8. The molecule has 11 nitrogen and oxygen atoms in total. The third-order valence-electron chi connectivity index (χ3n) is 5.23. The monoisotopic (exact) mass is 426 g/mol. The second kappa shape index (κ2) is 8.70. The van der Waals surface area contributed by atoms with E-state index in [1.165, 1.54) is 4.57 Å². The topological polar surface area (TPSA) is 129 Å². The molecule has 0 saturated carbocycles. The summed E-state index contributed by atoms with van der Waals surface area (Å²) in [6.45, 7) is 4.70. The molecule has 4 heterocycles. The fourth-order valence-electron chi connectivity index (χ4n) is 3.57. The van der Waals surface area contributed by atoms with Gasteiger partial charge in [0.15, 0.2) is 17.3 Å². The number of nitrogens with zero attached hydrogens (tertiary/aromatic N) is 7. The Balaban J connectivity index is 1.47. The van der Waals surface area contributed by atoms with Gasteiger partial charge in [-0.2, -0.15) is 4.98 Å². The molecule has 0 aliphatic carbocycles. The van der Waals surface area contributed by atoms with E-state index in [0.29, 0.717) is 66.9 Å². The number of unbranched alkanes of at least 4 members (excludes halogenated alkanes) is 2.